The minimum Gasteiger partial charge on any atom is -0.379 e. The largest absolute Gasteiger partial charge is 0.379 e. The average Bonchev–Trinajstić information content (AvgIpc) is 2.00. The maximum absolute atomic E-state index is 5.55. The van der Waals surface area contributed by atoms with Gasteiger partial charge in [-0.05, 0) is 19.8 Å². The van der Waals surface area contributed by atoms with Gasteiger partial charge in [-0.3, -0.25) is 0 Å². The van der Waals surface area contributed by atoms with E-state index in [1.54, 1.807) is 0 Å². The molecule has 0 saturated heterocycles. The highest BCUT2D eigenvalue weighted by Crippen LogP contribution is 1.97. The van der Waals surface area contributed by atoms with Crippen molar-refractivity contribution >= 4 is 0 Å². The Hall–Kier alpha value is -0.120. The number of ether oxygens (including phenoxy) is 2. The molecular formula is C10H23NO2. The highest BCUT2D eigenvalue weighted by atomic mass is 16.5. The summed E-state index contributed by atoms with van der Waals surface area (Å²) in [6.45, 7) is 10.3. The minimum atomic E-state index is 0.104. The molecule has 0 aliphatic carbocycles. The van der Waals surface area contributed by atoms with Crippen molar-refractivity contribution in [1.82, 2.24) is 0 Å². The SMILES string of the molecule is CC(C)COCC(C)OCC(C)N. The number of hydrogen-bond donors (Lipinski definition) is 1. The van der Waals surface area contributed by atoms with Crippen LogP contribution in [0.4, 0.5) is 0 Å². The third-order valence-corrected chi connectivity index (χ3v) is 1.45. The lowest BCUT2D eigenvalue weighted by Gasteiger charge is -2.15. The van der Waals surface area contributed by atoms with Gasteiger partial charge in [-0.25, -0.2) is 0 Å². The van der Waals surface area contributed by atoms with Crippen LogP contribution >= 0.6 is 0 Å². The van der Waals surface area contributed by atoms with Crippen LogP contribution in [0.5, 0.6) is 0 Å². The van der Waals surface area contributed by atoms with Gasteiger partial charge in [0.15, 0.2) is 0 Å². The van der Waals surface area contributed by atoms with Crippen LogP contribution in [-0.4, -0.2) is 32.0 Å². The third-order valence-electron chi connectivity index (χ3n) is 1.45. The quantitative estimate of drug-likeness (QED) is 0.658. The molecule has 0 aromatic heterocycles. The van der Waals surface area contributed by atoms with Crippen LogP contribution in [0.1, 0.15) is 27.7 Å². The molecule has 0 aliphatic heterocycles. The molecule has 0 radical (unpaired) electrons. The van der Waals surface area contributed by atoms with Gasteiger partial charge in [0.05, 0.1) is 19.3 Å². The van der Waals surface area contributed by atoms with Crippen LogP contribution in [0.2, 0.25) is 0 Å². The van der Waals surface area contributed by atoms with Crippen molar-refractivity contribution in [3.8, 4) is 0 Å². The second-order valence-electron chi connectivity index (χ2n) is 4.05. The normalized spacial score (nSPS) is 16.2. The second-order valence-corrected chi connectivity index (χ2v) is 4.05. The summed E-state index contributed by atoms with van der Waals surface area (Å²) in [5.41, 5.74) is 5.55. The van der Waals surface area contributed by atoms with Crippen LogP contribution < -0.4 is 5.73 Å². The molecule has 3 nitrogen and oxygen atoms in total. The van der Waals surface area contributed by atoms with E-state index < -0.39 is 0 Å². The van der Waals surface area contributed by atoms with Crippen LogP contribution in [0.15, 0.2) is 0 Å². The van der Waals surface area contributed by atoms with Gasteiger partial charge in [-0.1, -0.05) is 13.8 Å². The molecule has 13 heavy (non-hydrogen) atoms. The zero-order valence-electron chi connectivity index (χ0n) is 9.25. The minimum absolute atomic E-state index is 0.104. The smallest absolute Gasteiger partial charge is 0.0781 e. The van der Waals surface area contributed by atoms with Crippen molar-refractivity contribution in [2.45, 2.75) is 39.8 Å². The van der Waals surface area contributed by atoms with Gasteiger partial charge in [0.25, 0.3) is 0 Å². The first kappa shape index (κ1) is 12.9. The highest BCUT2D eigenvalue weighted by molar-refractivity contribution is 4.53. The fourth-order valence-corrected chi connectivity index (χ4v) is 0.834. The molecule has 80 valence electrons. The molecule has 0 bridgehead atoms. The second kappa shape index (κ2) is 7.30. The molecular weight excluding hydrogens is 166 g/mol. The van der Waals surface area contributed by atoms with E-state index in [2.05, 4.69) is 13.8 Å². The first-order valence-electron chi connectivity index (χ1n) is 4.97. The summed E-state index contributed by atoms with van der Waals surface area (Å²) in [5, 5.41) is 0. The monoisotopic (exact) mass is 189 g/mol. The molecule has 3 heteroatoms. The van der Waals surface area contributed by atoms with E-state index in [0.717, 1.165) is 6.61 Å². The predicted molar refractivity (Wildman–Crippen MR) is 54.7 cm³/mol. The van der Waals surface area contributed by atoms with Crippen LogP contribution in [0, 0.1) is 5.92 Å². The van der Waals surface area contributed by atoms with Gasteiger partial charge in [-0.15, -0.1) is 0 Å². The Kier molecular flexibility index (Phi) is 7.23. The first-order chi connectivity index (χ1) is 6.02. The van der Waals surface area contributed by atoms with E-state index in [-0.39, 0.29) is 12.1 Å². The van der Waals surface area contributed by atoms with Crippen molar-refractivity contribution < 1.29 is 9.47 Å². The Balaban J connectivity index is 3.25. The third kappa shape index (κ3) is 9.80. The maximum Gasteiger partial charge on any atom is 0.0781 e. The Morgan fingerprint density at radius 2 is 1.62 bits per heavy atom. The van der Waals surface area contributed by atoms with E-state index >= 15 is 0 Å². The Morgan fingerprint density at radius 1 is 1.00 bits per heavy atom. The summed E-state index contributed by atoms with van der Waals surface area (Å²) < 4.78 is 10.9. The van der Waals surface area contributed by atoms with Crippen molar-refractivity contribution in [3.05, 3.63) is 0 Å². The number of hydrogen-bond acceptors (Lipinski definition) is 3. The Bertz CT molecular complexity index is 115. The van der Waals surface area contributed by atoms with E-state index in [1.165, 1.54) is 0 Å². The standard InChI is InChI=1S/C10H23NO2/c1-8(2)5-12-7-10(4)13-6-9(3)11/h8-10H,5-7,11H2,1-4H3. The molecule has 0 amide bonds. The van der Waals surface area contributed by atoms with Crippen LogP contribution in [0.3, 0.4) is 0 Å². The molecule has 0 aromatic carbocycles. The van der Waals surface area contributed by atoms with E-state index in [9.17, 15) is 0 Å². The topological polar surface area (TPSA) is 44.5 Å². The van der Waals surface area contributed by atoms with E-state index in [0.29, 0.717) is 19.1 Å². The lowest BCUT2D eigenvalue weighted by molar-refractivity contribution is -0.0160. The Morgan fingerprint density at radius 3 is 2.08 bits per heavy atom. The van der Waals surface area contributed by atoms with Gasteiger partial charge in [-0.2, -0.15) is 0 Å². The molecule has 0 heterocycles. The molecule has 2 unspecified atom stereocenters. The summed E-state index contributed by atoms with van der Waals surface area (Å²) >= 11 is 0. The van der Waals surface area contributed by atoms with Crippen molar-refractivity contribution in [1.29, 1.82) is 0 Å². The highest BCUT2D eigenvalue weighted by Gasteiger charge is 2.04. The van der Waals surface area contributed by atoms with Gasteiger partial charge in [0.2, 0.25) is 0 Å². The predicted octanol–water partition coefficient (Wildman–Crippen LogP) is 1.41. The molecule has 0 aliphatic rings. The molecule has 0 spiro atoms. The van der Waals surface area contributed by atoms with Crippen molar-refractivity contribution in [2.75, 3.05) is 19.8 Å². The summed E-state index contributed by atoms with van der Waals surface area (Å²) in [6, 6.07) is 0.104. The summed E-state index contributed by atoms with van der Waals surface area (Å²) in [6.07, 6.45) is 0.143. The fraction of sp³-hybridized carbons (Fsp3) is 1.00. The zero-order valence-corrected chi connectivity index (χ0v) is 9.25. The van der Waals surface area contributed by atoms with E-state index in [4.69, 9.17) is 15.2 Å². The maximum atomic E-state index is 5.55. The number of nitrogens with two attached hydrogens (primary N) is 1. The van der Waals surface area contributed by atoms with Gasteiger partial charge < -0.3 is 15.2 Å². The summed E-state index contributed by atoms with van der Waals surface area (Å²) in [5.74, 6) is 0.584. The summed E-state index contributed by atoms with van der Waals surface area (Å²) in [4.78, 5) is 0. The zero-order chi connectivity index (χ0) is 10.3. The fourth-order valence-electron chi connectivity index (χ4n) is 0.834. The molecule has 0 fully saturated rings. The lowest BCUT2D eigenvalue weighted by Crippen LogP contribution is -2.27. The first-order valence-corrected chi connectivity index (χ1v) is 4.97. The van der Waals surface area contributed by atoms with Gasteiger partial charge in [0.1, 0.15) is 0 Å². The van der Waals surface area contributed by atoms with Crippen molar-refractivity contribution in [3.63, 3.8) is 0 Å². The Labute approximate surface area is 81.6 Å². The molecule has 0 aromatic rings. The van der Waals surface area contributed by atoms with Gasteiger partial charge in [0, 0.05) is 12.6 Å². The molecule has 0 saturated carbocycles. The van der Waals surface area contributed by atoms with Gasteiger partial charge >= 0.3 is 0 Å². The van der Waals surface area contributed by atoms with Crippen LogP contribution in [-0.2, 0) is 9.47 Å². The molecule has 2 N–H and O–H groups in total. The number of rotatable bonds is 7. The van der Waals surface area contributed by atoms with E-state index in [1.807, 2.05) is 13.8 Å². The van der Waals surface area contributed by atoms with Crippen molar-refractivity contribution in [2.24, 2.45) is 11.7 Å². The summed E-state index contributed by atoms with van der Waals surface area (Å²) in [7, 11) is 0. The van der Waals surface area contributed by atoms with Crippen LogP contribution in [0.25, 0.3) is 0 Å². The molecule has 0 rings (SSSR count). The lowest BCUT2D eigenvalue weighted by atomic mass is 10.2. The average molecular weight is 189 g/mol. The molecule has 2 atom stereocenters.